The minimum atomic E-state index is 0.896. The number of anilines is 6. The molecule has 0 saturated carbocycles. The van der Waals surface area contributed by atoms with Gasteiger partial charge in [-0.3, -0.25) is 0 Å². The van der Waals surface area contributed by atoms with E-state index < -0.39 is 0 Å². The zero-order valence-corrected chi connectivity index (χ0v) is 33.7. The van der Waals surface area contributed by atoms with Gasteiger partial charge >= 0.3 is 0 Å². The third-order valence-electron chi connectivity index (χ3n) is 12.1. The van der Waals surface area contributed by atoms with E-state index in [1.807, 2.05) is 24.3 Å². The molecule has 0 atom stereocenters. The van der Waals surface area contributed by atoms with Gasteiger partial charge in [0, 0.05) is 55.1 Å². The molecule has 2 heterocycles. The van der Waals surface area contributed by atoms with Crippen molar-refractivity contribution in [1.29, 1.82) is 0 Å². The normalized spacial score (nSPS) is 11.5. The Morgan fingerprint density at radius 2 is 0.548 bits per heavy atom. The van der Waals surface area contributed by atoms with Gasteiger partial charge in [0.1, 0.15) is 22.3 Å². The Bertz CT molecular complexity index is 3370. The van der Waals surface area contributed by atoms with E-state index in [1.54, 1.807) is 0 Å². The van der Waals surface area contributed by atoms with Crippen LogP contribution in [0.25, 0.3) is 76.9 Å². The Labute approximate surface area is 358 Å². The van der Waals surface area contributed by atoms with Crippen molar-refractivity contribution in [2.24, 2.45) is 0 Å². The second kappa shape index (κ2) is 14.7. The third-order valence-corrected chi connectivity index (χ3v) is 12.1. The lowest BCUT2D eigenvalue weighted by Gasteiger charge is -2.30. The Morgan fingerprint density at radius 1 is 0.226 bits per heavy atom. The van der Waals surface area contributed by atoms with Crippen molar-refractivity contribution in [3.05, 3.63) is 231 Å². The summed E-state index contributed by atoms with van der Waals surface area (Å²) >= 11 is 0. The number of nitrogens with zero attached hydrogens (tertiary/aromatic N) is 2. The average molecular weight is 795 g/mol. The summed E-state index contributed by atoms with van der Waals surface area (Å²) in [4.78, 5) is 4.73. The minimum absolute atomic E-state index is 0.896. The number of hydrogen-bond acceptors (Lipinski definition) is 4. The fourth-order valence-corrected chi connectivity index (χ4v) is 9.08. The predicted octanol–water partition coefficient (Wildman–Crippen LogP) is 16.9. The number of furan rings is 2. The Morgan fingerprint density at radius 3 is 0.968 bits per heavy atom. The van der Waals surface area contributed by atoms with Crippen molar-refractivity contribution in [2.45, 2.75) is 0 Å². The molecule has 10 aromatic carbocycles. The van der Waals surface area contributed by atoms with Crippen LogP contribution in [0.1, 0.15) is 0 Å². The van der Waals surface area contributed by atoms with Crippen molar-refractivity contribution in [1.82, 2.24) is 0 Å². The number of fused-ring (bicyclic) bond motifs is 7. The highest BCUT2D eigenvalue weighted by Gasteiger charge is 2.21. The van der Waals surface area contributed by atoms with Crippen LogP contribution in [0, 0.1) is 0 Å². The highest BCUT2D eigenvalue weighted by Crippen LogP contribution is 2.46. The number of para-hydroxylation sites is 4. The average Bonchev–Trinajstić information content (AvgIpc) is 3.91. The van der Waals surface area contributed by atoms with Crippen LogP contribution in [-0.4, -0.2) is 0 Å². The first-order valence-electron chi connectivity index (χ1n) is 21.0. The molecule has 0 spiro atoms. The number of benzene rings is 10. The summed E-state index contributed by atoms with van der Waals surface area (Å²) in [5.74, 6) is 0. The first-order chi connectivity index (χ1) is 30.7. The predicted molar refractivity (Wildman–Crippen MR) is 259 cm³/mol. The van der Waals surface area contributed by atoms with Crippen LogP contribution in [0.4, 0.5) is 34.1 Å². The first-order valence-corrected chi connectivity index (χ1v) is 21.0. The number of hydrogen-bond donors (Lipinski definition) is 0. The van der Waals surface area contributed by atoms with Crippen molar-refractivity contribution >= 4 is 88.8 Å². The van der Waals surface area contributed by atoms with E-state index in [2.05, 4.69) is 216 Å². The zero-order chi connectivity index (χ0) is 41.0. The molecule has 4 heteroatoms. The standard InChI is InChI=1S/C58H38N2O2/c1-3-13-43(14-4-1)59(44-15-5-2-6-16-44)53-33-34-54(48-18-8-7-17-47(48)53)60(45-29-23-39(24-30-45)41-27-35-57-51(37-41)49-19-9-11-21-55(49)61-57)46-31-25-40(26-32-46)42-28-36-58-52(38-42)50-20-10-12-22-56(50)62-58/h1-38H. The van der Waals surface area contributed by atoms with Crippen molar-refractivity contribution in [3.63, 3.8) is 0 Å². The molecule has 62 heavy (non-hydrogen) atoms. The molecule has 0 unspecified atom stereocenters. The summed E-state index contributed by atoms with van der Waals surface area (Å²) in [5.41, 5.74) is 14.7. The van der Waals surface area contributed by atoms with Crippen molar-refractivity contribution in [3.8, 4) is 22.3 Å². The molecule has 0 fully saturated rings. The molecule has 0 amide bonds. The fraction of sp³-hybridized carbons (Fsp3) is 0. The van der Waals surface area contributed by atoms with Gasteiger partial charge in [-0.05, 0) is 119 Å². The molecular formula is C58H38N2O2. The molecule has 0 aliphatic rings. The molecule has 2 aromatic heterocycles. The maximum atomic E-state index is 6.16. The first kappa shape index (κ1) is 35.6. The lowest BCUT2D eigenvalue weighted by molar-refractivity contribution is 0.668. The quantitative estimate of drug-likeness (QED) is 0.153. The summed E-state index contributed by atoms with van der Waals surface area (Å²) in [6.45, 7) is 0. The second-order valence-corrected chi connectivity index (χ2v) is 15.7. The maximum Gasteiger partial charge on any atom is 0.135 e. The molecule has 0 saturated heterocycles. The molecule has 4 nitrogen and oxygen atoms in total. The van der Waals surface area contributed by atoms with Gasteiger partial charge in [0.05, 0.1) is 11.4 Å². The molecule has 0 radical (unpaired) electrons. The van der Waals surface area contributed by atoms with Crippen LogP contribution >= 0.6 is 0 Å². The van der Waals surface area contributed by atoms with Crippen LogP contribution in [0.2, 0.25) is 0 Å². The highest BCUT2D eigenvalue weighted by molar-refractivity contribution is 6.09. The molecule has 0 bridgehead atoms. The Kier molecular flexibility index (Phi) is 8.46. The molecule has 12 aromatic rings. The second-order valence-electron chi connectivity index (χ2n) is 15.7. The molecule has 12 rings (SSSR count). The fourth-order valence-electron chi connectivity index (χ4n) is 9.08. The van der Waals surface area contributed by atoms with Crippen LogP contribution in [-0.2, 0) is 0 Å². The van der Waals surface area contributed by atoms with Gasteiger partial charge in [0.2, 0.25) is 0 Å². The van der Waals surface area contributed by atoms with E-state index in [9.17, 15) is 0 Å². The SMILES string of the molecule is c1ccc(N(c2ccccc2)c2ccc(N(c3ccc(-c4ccc5oc6ccccc6c5c4)cc3)c3ccc(-c4ccc5oc6ccccc6c5c4)cc3)c3ccccc23)cc1. The number of rotatable bonds is 8. The third kappa shape index (κ3) is 6.08. The minimum Gasteiger partial charge on any atom is -0.456 e. The largest absolute Gasteiger partial charge is 0.456 e. The van der Waals surface area contributed by atoms with Crippen LogP contribution in [0.15, 0.2) is 239 Å². The van der Waals surface area contributed by atoms with Gasteiger partial charge in [-0.1, -0.05) is 133 Å². The summed E-state index contributed by atoms with van der Waals surface area (Å²) in [6.07, 6.45) is 0. The molecule has 0 N–H and O–H groups in total. The van der Waals surface area contributed by atoms with Gasteiger partial charge in [0.15, 0.2) is 0 Å². The van der Waals surface area contributed by atoms with Gasteiger partial charge in [0.25, 0.3) is 0 Å². The van der Waals surface area contributed by atoms with Gasteiger partial charge in [-0.2, -0.15) is 0 Å². The monoisotopic (exact) mass is 794 g/mol. The summed E-state index contributed by atoms with van der Waals surface area (Å²) < 4.78 is 12.3. The lowest BCUT2D eigenvalue weighted by Crippen LogP contribution is -2.13. The van der Waals surface area contributed by atoms with Gasteiger partial charge in [-0.25, -0.2) is 0 Å². The van der Waals surface area contributed by atoms with Crippen LogP contribution < -0.4 is 9.80 Å². The van der Waals surface area contributed by atoms with Crippen molar-refractivity contribution < 1.29 is 8.83 Å². The summed E-state index contributed by atoms with van der Waals surface area (Å²) in [7, 11) is 0. The lowest BCUT2D eigenvalue weighted by atomic mass is 10.00. The van der Waals surface area contributed by atoms with E-state index in [1.165, 1.54) is 0 Å². The molecule has 0 aliphatic heterocycles. The van der Waals surface area contributed by atoms with E-state index in [0.717, 1.165) is 111 Å². The molecular weight excluding hydrogens is 757 g/mol. The van der Waals surface area contributed by atoms with Crippen molar-refractivity contribution in [2.75, 3.05) is 9.80 Å². The zero-order valence-electron chi connectivity index (χ0n) is 33.7. The molecule has 292 valence electrons. The molecule has 0 aliphatic carbocycles. The van der Waals surface area contributed by atoms with Gasteiger partial charge < -0.3 is 18.6 Å². The van der Waals surface area contributed by atoms with Crippen LogP contribution in [0.3, 0.4) is 0 Å². The Balaban J connectivity index is 0.994. The Hall–Kier alpha value is -8.34. The maximum absolute atomic E-state index is 6.16. The van der Waals surface area contributed by atoms with E-state index >= 15 is 0 Å². The van der Waals surface area contributed by atoms with Crippen LogP contribution in [0.5, 0.6) is 0 Å². The highest BCUT2D eigenvalue weighted by atomic mass is 16.3. The van der Waals surface area contributed by atoms with E-state index in [-0.39, 0.29) is 0 Å². The van der Waals surface area contributed by atoms with Gasteiger partial charge in [-0.15, -0.1) is 0 Å². The summed E-state index contributed by atoms with van der Waals surface area (Å²) in [6, 6.07) is 81.8. The van der Waals surface area contributed by atoms with E-state index in [4.69, 9.17) is 8.83 Å². The smallest absolute Gasteiger partial charge is 0.135 e. The topological polar surface area (TPSA) is 32.8 Å². The van der Waals surface area contributed by atoms with E-state index in [0.29, 0.717) is 0 Å². The summed E-state index contributed by atoms with van der Waals surface area (Å²) in [5, 5.41) is 6.79.